The van der Waals surface area contributed by atoms with Gasteiger partial charge in [0.2, 0.25) is 11.8 Å². The third-order valence-electron chi connectivity index (χ3n) is 5.35. The quantitative estimate of drug-likeness (QED) is 0.873. The highest BCUT2D eigenvalue weighted by atomic mass is 16.2. The molecule has 0 aliphatic carbocycles. The van der Waals surface area contributed by atoms with E-state index in [1.807, 2.05) is 13.1 Å². The summed E-state index contributed by atoms with van der Waals surface area (Å²) in [6.07, 6.45) is 2.72. The Labute approximate surface area is 143 Å². The molecule has 2 aliphatic heterocycles. The van der Waals surface area contributed by atoms with Crippen LogP contribution in [-0.2, 0) is 16.6 Å². The molecule has 7 nitrogen and oxygen atoms in total. The van der Waals surface area contributed by atoms with Crippen molar-refractivity contribution in [1.29, 1.82) is 0 Å². The summed E-state index contributed by atoms with van der Waals surface area (Å²) in [6.45, 7) is 6.14. The van der Waals surface area contributed by atoms with E-state index in [1.54, 1.807) is 22.8 Å². The maximum atomic E-state index is 12.8. The summed E-state index contributed by atoms with van der Waals surface area (Å²) in [5.74, 6) is -0.0926. The Kier molecular flexibility index (Phi) is 4.62. The van der Waals surface area contributed by atoms with Crippen LogP contribution in [0.3, 0.4) is 0 Å². The number of aromatic nitrogens is 2. The molecule has 7 heteroatoms. The first-order chi connectivity index (χ1) is 11.4. The number of rotatable bonds is 4. The second kappa shape index (κ2) is 6.55. The summed E-state index contributed by atoms with van der Waals surface area (Å²) in [6, 6.07) is 2.37. The number of amides is 2. The lowest BCUT2D eigenvalue weighted by Gasteiger charge is -2.44. The molecule has 0 radical (unpaired) electrons. The van der Waals surface area contributed by atoms with Gasteiger partial charge in [0.05, 0.1) is 23.7 Å². The largest absolute Gasteiger partial charge is 0.350 e. The zero-order chi connectivity index (χ0) is 17.4. The minimum atomic E-state index is -0.250. The maximum Gasteiger partial charge on any atom is 0.225 e. The van der Waals surface area contributed by atoms with Crippen LogP contribution in [0.5, 0.6) is 0 Å². The molecule has 24 heavy (non-hydrogen) atoms. The molecule has 3 rings (SSSR count). The van der Waals surface area contributed by atoms with Gasteiger partial charge in [0.25, 0.3) is 0 Å². The molecule has 2 atom stereocenters. The van der Waals surface area contributed by atoms with Gasteiger partial charge in [-0.15, -0.1) is 0 Å². The van der Waals surface area contributed by atoms with Crippen LogP contribution in [0.25, 0.3) is 0 Å². The van der Waals surface area contributed by atoms with Crippen molar-refractivity contribution >= 4 is 11.8 Å². The van der Waals surface area contributed by atoms with E-state index in [2.05, 4.69) is 29.2 Å². The second-order valence-electron chi connectivity index (χ2n) is 7.23. The molecule has 0 unspecified atom stereocenters. The molecule has 0 bridgehead atoms. The average Bonchev–Trinajstić information content (AvgIpc) is 2.90. The Balaban J connectivity index is 1.71. The van der Waals surface area contributed by atoms with Crippen molar-refractivity contribution in [1.82, 2.24) is 24.9 Å². The minimum Gasteiger partial charge on any atom is -0.350 e. The van der Waals surface area contributed by atoms with E-state index in [1.165, 1.54) is 0 Å². The maximum absolute atomic E-state index is 12.8. The smallest absolute Gasteiger partial charge is 0.225 e. The zero-order valence-electron chi connectivity index (χ0n) is 14.9. The third kappa shape index (κ3) is 3.05. The molecular formula is C17H27N5O2. The summed E-state index contributed by atoms with van der Waals surface area (Å²) in [5.41, 5.74) is 0.906. The van der Waals surface area contributed by atoms with Gasteiger partial charge in [-0.25, -0.2) is 0 Å². The summed E-state index contributed by atoms with van der Waals surface area (Å²) >= 11 is 0. The third-order valence-corrected chi connectivity index (χ3v) is 5.35. The van der Waals surface area contributed by atoms with Crippen LogP contribution in [0.4, 0.5) is 0 Å². The number of likely N-dealkylation sites (tertiary alicyclic amines) is 2. The van der Waals surface area contributed by atoms with E-state index in [0.717, 1.165) is 18.8 Å². The number of nitrogens with zero attached hydrogens (tertiary/aromatic N) is 4. The first-order valence-corrected chi connectivity index (χ1v) is 8.66. The van der Waals surface area contributed by atoms with E-state index in [9.17, 15) is 9.59 Å². The van der Waals surface area contributed by atoms with Gasteiger partial charge in [-0.1, -0.05) is 0 Å². The van der Waals surface area contributed by atoms with Crippen molar-refractivity contribution in [2.75, 3.05) is 20.1 Å². The lowest BCUT2D eigenvalue weighted by Crippen LogP contribution is -2.62. The van der Waals surface area contributed by atoms with Crippen LogP contribution in [0.1, 0.15) is 38.4 Å². The lowest BCUT2D eigenvalue weighted by atomic mass is 9.85. The molecule has 2 aliphatic rings. The Morgan fingerprint density at radius 2 is 2.04 bits per heavy atom. The summed E-state index contributed by atoms with van der Waals surface area (Å²) in [7, 11) is 3.63. The van der Waals surface area contributed by atoms with Crippen molar-refractivity contribution in [2.24, 2.45) is 13.0 Å². The Bertz CT molecular complexity index is 620. The molecule has 1 aromatic rings. The number of hydrogen-bond acceptors (Lipinski definition) is 4. The van der Waals surface area contributed by atoms with E-state index < -0.39 is 0 Å². The molecule has 132 valence electrons. The number of hydrogen-bond donors (Lipinski definition) is 1. The number of carbonyl (C=O) groups is 2. The second-order valence-corrected chi connectivity index (χ2v) is 7.23. The molecule has 2 amide bonds. The standard InChI is InChI=1S/C17H27N5O2/c1-11(2)22-9-12(10-22)19-17(24)13-5-6-15(23)20(3)16(13)14-7-8-18-21(14)4/h7-8,11-13,16H,5-6,9-10H2,1-4H3,(H,19,24)/t13-,16-/m0/s1. The fourth-order valence-corrected chi connectivity index (χ4v) is 3.73. The average molecular weight is 333 g/mol. The van der Waals surface area contributed by atoms with Crippen LogP contribution in [0.15, 0.2) is 12.3 Å². The first-order valence-electron chi connectivity index (χ1n) is 8.66. The topological polar surface area (TPSA) is 70.5 Å². The highest BCUT2D eigenvalue weighted by molar-refractivity contribution is 5.85. The highest BCUT2D eigenvalue weighted by Gasteiger charge is 2.41. The van der Waals surface area contributed by atoms with Gasteiger partial charge in [-0.2, -0.15) is 5.10 Å². The van der Waals surface area contributed by atoms with Gasteiger partial charge in [-0.05, 0) is 26.3 Å². The number of piperidine rings is 1. The van der Waals surface area contributed by atoms with Crippen LogP contribution in [-0.4, -0.2) is 63.6 Å². The van der Waals surface area contributed by atoms with E-state index in [0.29, 0.717) is 18.9 Å². The van der Waals surface area contributed by atoms with Gasteiger partial charge < -0.3 is 10.2 Å². The SMILES string of the molecule is CC(C)N1CC(NC(=O)[C@H]2CCC(=O)N(C)[C@@H]2c2ccnn2C)C1. The van der Waals surface area contributed by atoms with Crippen LogP contribution < -0.4 is 5.32 Å². The monoisotopic (exact) mass is 333 g/mol. The van der Waals surface area contributed by atoms with E-state index >= 15 is 0 Å². The molecular weight excluding hydrogens is 306 g/mol. The molecule has 3 heterocycles. The van der Waals surface area contributed by atoms with Crippen molar-refractivity contribution in [3.05, 3.63) is 18.0 Å². The molecule has 0 saturated carbocycles. The van der Waals surface area contributed by atoms with Crippen molar-refractivity contribution in [3.8, 4) is 0 Å². The van der Waals surface area contributed by atoms with Crippen molar-refractivity contribution < 1.29 is 9.59 Å². The van der Waals surface area contributed by atoms with E-state index in [4.69, 9.17) is 0 Å². The van der Waals surface area contributed by atoms with Gasteiger partial charge >= 0.3 is 0 Å². The number of nitrogens with one attached hydrogen (secondary N) is 1. The minimum absolute atomic E-state index is 0.0500. The van der Waals surface area contributed by atoms with Gasteiger partial charge in [0.15, 0.2) is 0 Å². The fraction of sp³-hybridized carbons (Fsp3) is 0.706. The van der Waals surface area contributed by atoms with Crippen molar-refractivity contribution in [2.45, 2.75) is 44.8 Å². The molecule has 1 aromatic heterocycles. The summed E-state index contributed by atoms with van der Waals surface area (Å²) < 4.78 is 1.75. The fourth-order valence-electron chi connectivity index (χ4n) is 3.73. The Morgan fingerprint density at radius 3 is 2.62 bits per heavy atom. The molecule has 2 saturated heterocycles. The number of carbonyl (C=O) groups excluding carboxylic acids is 2. The van der Waals surface area contributed by atoms with Gasteiger partial charge in [-0.3, -0.25) is 19.2 Å². The highest BCUT2D eigenvalue weighted by Crippen LogP contribution is 2.35. The van der Waals surface area contributed by atoms with Gasteiger partial charge in [0.1, 0.15) is 0 Å². The predicted molar refractivity (Wildman–Crippen MR) is 90.1 cm³/mol. The van der Waals surface area contributed by atoms with Crippen LogP contribution in [0, 0.1) is 5.92 Å². The van der Waals surface area contributed by atoms with Gasteiger partial charge in [0, 0.05) is 45.8 Å². The molecule has 2 fully saturated rings. The van der Waals surface area contributed by atoms with Crippen LogP contribution in [0.2, 0.25) is 0 Å². The van der Waals surface area contributed by atoms with Crippen molar-refractivity contribution in [3.63, 3.8) is 0 Å². The normalized spacial score (nSPS) is 25.9. The Hall–Kier alpha value is -1.89. The first kappa shape index (κ1) is 17.0. The zero-order valence-corrected chi connectivity index (χ0v) is 14.9. The summed E-state index contributed by atoms with van der Waals surface area (Å²) in [4.78, 5) is 29.0. The number of aryl methyl sites for hydroxylation is 1. The molecule has 0 aromatic carbocycles. The summed E-state index contributed by atoms with van der Waals surface area (Å²) in [5, 5.41) is 7.37. The van der Waals surface area contributed by atoms with Crippen LogP contribution >= 0.6 is 0 Å². The molecule has 1 N–H and O–H groups in total. The molecule has 0 spiro atoms. The predicted octanol–water partition coefficient (Wildman–Crippen LogP) is 0.538. The van der Waals surface area contributed by atoms with E-state index in [-0.39, 0.29) is 29.8 Å². The Morgan fingerprint density at radius 1 is 1.33 bits per heavy atom. The lowest BCUT2D eigenvalue weighted by molar-refractivity contribution is -0.142.